The van der Waals surface area contributed by atoms with Crippen molar-refractivity contribution in [2.24, 2.45) is 29.6 Å². The number of phenolic OH excluding ortho intramolecular Hbond substituents is 1. The van der Waals surface area contributed by atoms with E-state index in [0.717, 1.165) is 10.5 Å². The Morgan fingerprint density at radius 3 is 2.26 bits per heavy atom. The predicted octanol–water partition coefficient (Wildman–Crippen LogP) is 6.88. The number of ketones is 2. The summed E-state index contributed by atoms with van der Waals surface area (Å²) >= 11 is 0. The van der Waals surface area contributed by atoms with Crippen LogP contribution in [0.15, 0.2) is 127 Å². The number of hydrogen-bond acceptors (Lipinski definition) is 8. The minimum absolute atomic E-state index is 0.0298. The van der Waals surface area contributed by atoms with Gasteiger partial charge in [0.2, 0.25) is 11.8 Å². The van der Waals surface area contributed by atoms with Crippen molar-refractivity contribution in [3.63, 3.8) is 0 Å². The summed E-state index contributed by atoms with van der Waals surface area (Å²) in [4.78, 5) is 70.4. The van der Waals surface area contributed by atoms with Crippen LogP contribution in [0.2, 0.25) is 0 Å². The van der Waals surface area contributed by atoms with E-state index in [0.29, 0.717) is 22.3 Å². The number of allylic oxidation sites excluding steroid dienone is 5. The fourth-order valence-electron chi connectivity index (χ4n) is 9.11. The minimum atomic E-state index is -1.37. The number of rotatable bonds is 7. The van der Waals surface area contributed by atoms with Gasteiger partial charge in [0.25, 0.3) is 5.69 Å². The monoisotopic (exact) mass is 706 g/mol. The number of Topliss-reactive ketones (excluding diaryl/α,β-unsaturated/α-hetero) is 1. The highest BCUT2D eigenvalue weighted by Gasteiger charge is 2.65. The molecule has 0 radical (unpaired) electrons. The number of non-ortho nitro benzene ring substituents is 1. The average molecular weight is 707 g/mol. The number of carbonyl (C=O) groups excluding carboxylic acids is 4. The van der Waals surface area contributed by atoms with Crippen LogP contribution in [-0.4, -0.2) is 40.5 Å². The van der Waals surface area contributed by atoms with Crippen LogP contribution in [0.5, 0.6) is 11.5 Å². The summed E-state index contributed by atoms with van der Waals surface area (Å²) < 4.78 is 5.35. The Hall–Kier alpha value is -6.42. The molecule has 2 amide bonds. The van der Waals surface area contributed by atoms with Gasteiger partial charge in [0.05, 0.1) is 35.0 Å². The summed E-state index contributed by atoms with van der Waals surface area (Å²) in [7, 11) is 1.45. The number of carbonyl (C=O) groups is 4. The Morgan fingerprint density at radius 1 is 0.887 bits per heavy atom. The van der Waals surface area contributed by atoms with Gasteiger partial charge in [0.1, 0.15) is 0 Å². The number of amides is 2. The number of benzene rings is 4. The first kappa shape index (κ1) is 33.7. The van der Waals surface area contributed by atoms with Crippen LogP contribution < -0.4 is 9.64 Å². The quantitative estimate of drug-likeness (QED) is 0.0948. The van der Waals surface area contributed by atoms with Crippen molar-refractivity contribution in [2.75, 3.05) is 12.0 Å². The van der Waals surface area contributed by atoms with E-state index >= 15 is 4.79 Å². The van der Waals surface area contributed by atoms with Gasteiger partial charge in [-0.1, -0.05) is 90.5 Å². The van der Waals surface area contributed by atoms with Crippen molar-refractivity contribution < 1.29 is 33.9 Å². The highest BCUT2D eigenvalue weighted by molar-refractivity contribution is 6.31. The first-order valence-corrected chi connectivity index (χ1v) is 17.4. The maximum atomic E-state index is 15.1. The number of ether oxygens (including phenoxy) is 1. The molecule has 0 bridgehead atoms. The molecule has 10 nitrogen and oxygen atoms in total. The molecule has 4 aliphatic rings. The number of aromatic hydroxyl groups is 1. The van der Waals surface area contributed by atoms with Crippen LogP contribution in [-0.2, 0) is 24.6 Å². The fraction of sp³-hybridized carbons (Fsp3) is 0.209. The van der Waals surface area contributed by atoms with Crippen LogP contribution in [0.3, 0.4) is 0 Å². The van der Waals surface area contributed by atoms with Gasteiger partial charge in [-0.15, -0.1) is 0 Å². The van der Waals surface area contributed by atoms with E-state index in [1.165, 1.54) is 43.5 Å². The van der Waals surface area contributed by atoms with E-state index in [9.17, 15) is 29.6 Å². The van der Waals surface area contributed by atoms with Crippen LogP contribution in [0.25, 0.3) is 11.6 Å². The molecule has 10 heteroatoms. The number of nitrogens with zero attached hydrogens (tertiary/aromatic N) is 2. The van der Waals surface area contributed by atoms with E-state index in [4.69, 9.17) is 4.74 Å². The third-order valence-electron chi connectivity index (χ3n) is 11.4. The summed E-state index contributed by atoms with van der Waals surface area (Å²) in [5, 5.41) is 21.6. The topological polar surface area (TPSA) is 144 Å². The predicted molar refractivity (Wildman–Crippen MR) is 197 cm³/mol. The minimum Gasteiger partial charge on any atom is -0.504 e. The van der Waals surface area contributed by atoms with E-state index in [2.05, 4.69) is 0 Å². The first-order valence-electron chi connectivity index (χ1n) is 17.4. The van der Waals surface area contributed by atoms with Crippen molar-refractivity contribution in [1.29, 1.82) is 0 Å². The lowest BCUT2D eigenvalue weighted by atomic mass is 9.45. The highest BCUT2D eigenvalue weighted by atomic mass is 16.6. The van der Waals surface area contributed by atoms with Crippen molar-refractivity contribution >= 4 is 46.4 Å². The van der Waals surface area contributed by atoms with Crippen molar-refractivity contribution in [3.05, 3.63) is 154 Å². The molecule has 3 aliphatic carbocycles. The number of nitro benzene ring substituents is 1. The lowest BCUT2D eigenvalue weighted by Gasteiger charge is -2.54. The van der Waals surface area contributed by atoms with Gasteiger partial charge in [-0.2, -0.15) is 0 Å². The molecule has 1 saturated heterocycles. The van der Waals surface area contributed by atoms with Crippen molar-refractivity contribution in [1.82, 2.24) is 0 Å². The summed E-state index contributed by atoms with van der Waals surface area (Å²) in [5.41, 5.74) is 1.80. The largest absolute Gasteiger partial charge is 0.504 e. The zero-order valence-electron chi connectivity index (χ0n) is 28.6. The Labute approximate surface area is 304 Å². The SMILES string of the molecule is COc1cc(C=C[C@H]2C3=CC[C@@H]4C(=O)N(c5ccc([N+](=O)[O-])cc5)C(=O)[C@@H]4[C@@H]3C[C@H]3C(=O)C(c4ccccc4)=CC(=O)[C@@]23c2ccccc2)ccc1O. The molecule has 53 heavy (non-hydrogen) atoms. The Bertz CT molecular complexity index is 2280. The number of imide groups is 1. The van der Waals surface area contributed by atoms with Crippen LogP contribution in [0, 0.1) is 39.7 Å². The van der Waals surface area contributed by atoms with E-state index in [-0.39, 0.29) is 47.3 Å². The molecule has 4 aromatic rings. The molecule has 0 unspecified atom stereocenters. The highest BCUT2D eigenvalue weighted by Crippen LogP contribution is 2.61. The number of anilines is 1. The van der Waals surface area contributed by atoms with Gasteiger partial charge in [-0.05, 0) is 65.8 Å². The second-order valence-electron chi connectivity index (χ2n) is 13.9. The molecule has 6 atom stereocenters. The molecular weight excluding hydrogens is 672 g/mol. The summed E-state index contributed by atoms with van der Waals surface area (Å²) in [6.45, 7) is 0. The number of hydrogen-bond donors (Lipinski definition) is 1. The molecule has 4 aromatic carbocycles. The lowest BCUT2D eigenvalue weighted by molar-refractivity contribution is -0.384. The number of nitro groups is 1. The maximum absolute atomic E-state index is 15.1. The molecule has 0 aromatic heterocycles. The molecule has 2 fully saturated rings. The van der Waals surface area contributed by atoms with Crippen molar-refractivity contribution in [2.45, 2.75) is 18.3 Å². The first-order chi connectivity index (χ1) is 25.6. The third kappa shape index (κ3) is 5.24. The zero-order valence-corrected chi connectivity index (χ0v) is 28.6. The van der Waals surface area contributed by atoms with E-state index < -0.39 is 51.7 Å². The van der Waals surface area contributed by atoms with Crippen LogP contribution in [0.1, 0.15) is 29.5 Å². The summed E-state index contributed by atoms with van der Waals surface area (Å²) in [5.74, 6) is -4.71. The Morgan fingerprint density at radius 2 is 1.58 bits per heavy atom. The third-order valence-corrected chi connectivity index (χ3v) is 11.4. The second-order valence-corrected chi connectivity index (χ2v) is 13.9. The van der Waals surface area contributed by atoms with Gasteiger partial charge in [-0.25, -0.2) is 0 Å². The molecule has 1 saturated carbocycles. The molecular formula is C43H34N2O8. The molecule has 1 aliphatic heterocycles. The summed E-state index contributed by atoms with van der Waals surface area (Å²) in [6, 6.07) is 28.6. The van der Waals surface area contributed by atoms with Gasteiger partial charge in [0.15, 0.2) is 23.1 Å². The number of fused-ring (bicyclic) bond motifs is 4. The Balaban J connectivity index is 1.30. The molecule has 8 rings (SSSR count). The standard InChI is InChI=1S/C43H34N2O8/c1-53-37-22-25(13-21-36(37)46)12-20-34-30-18-19-31-39(42(50)44(41(31)49)28-14-16-29(17-15-28)45(51)52)33(30)23-35-40(48)32(26-8-4-2-5-9-26)24-38(47)43(34,35)27-10-6-3-7-11-27/h2-18,20-22,24,31,33-35,39,46H,19,23H2,1H3/t31-,33+,34-,35-,39-,43-/m0/s1. The maximum Gasteiger partial charge on any atom is 0.269 e. The lowest BCUT2D eigenvalue weighted by Crippen LogP contribution is -2.59. The van der Waals surface area contributed by atoms with Gasteiger partial charge >= 0.3 is 0 Å². The summed E-state index contributed by atoms with van der Waals surface area (Å²) in [6.07, 6.45) is 7.58. The van der Waals surface area contributed by atoms with Crippen molar-refractivity contribution in [3.8, 4) is 11.5 Å². The van der Waals surface area contributed by atoms with Crippen LogP contribution in [0.4, 0.5) is 11.4 Å². The molecule has 1 N–H and O–H groups in total. The number of methoxy groups -OCH3 is 1. The molecule has 0 spiro atoms. The normalized spacial score (nSPS) is 26.4. The van der Waals surface area contributed by atoms with Gasteiger partial charge < -0.3 is 9.84 Å². The molecule has 1 heterocycles. The zero-order chi connectivity index (χ0) is 37.0. The van der Waals surface area contributed by atoms with Gasteiger partial charge in [-0.3, -0.25) is 34.2 Å². The average Bonchev–Trinajstić information content (AvgIpc) is 3.44. The Kier molecular flexibility index (Phi) is 8.25. The van der Waals surface area contributed by atoms with E-state index in [1.54, 1.807) is 24.3 Å². The second kappa shape index (κ2) is 13.0. The van der Waals surface area contributed by atoms with Crippen LogP contribution >= 0.6 is 0 Å². The fourth-order valence-corrected chi connectivity index (χ4v) is 9.11. The number of phenols is 1. The van der Waals surface area contributed by atoms with E-state index in [1.807, 2.05) is 66.8 Å². The molecule has 264 valence electrons. The smallest absolute Gasteiger partial charge is 0.269 e. The van der Waals surface area contributed by atoms with Gasteiger partial charge in [0, 0.05) is 29.5 Å².